The summed E-state index contributed by atoms with van der Waals surface area (Å²) >= 11 is 0. The number of carbonyl (C=O) groups is 2. The third kappa shape index (κ3) is 5.59. The van der Waals surface area contributed by atoms with Gasteiger partial charge in [0, 0.05) is 24.5 Å². The molecule has 0 unspecified atom stereocenters. The molecule has 0 aliphatic carbocycles. The smallest absolute Gasteiger partial charge is 0.295 e. The van der Waals surface area contributed by atoms with Gasteiger partial charge in [0.25, 0.3) is 11.7 Å². The third-order valence-corrected chi connectivity index (χ3v) is 6.64. The first-order valence-corrected chi connectivity index (χ1v) is 12.9. The number of methoxy groups -OCH3 is 3. The molecule has 9 nitrogen and oxygen atoms in total. The van der Waals surface area contributed by atoms with E-state index in [2.05, 4.69) is 18.8 Å². The molecular weight excluding hydrogens is 512 g/mol. The molecule has 2 aromatic carbocycles. The van der Waals surface area contributed by atoms with Crippen LogP contribution in [-0.2, 0) is 16.1 Å². The van der Waals surface area contributed by atoms with Crippen LogP contribution in [0.2, 0.25) is 0 Å². The number of aromatic nitrogens is 1. The Morgan fingerprint density at radius 3 is 2.25 bits per heavy atom. The summed E-state index contributed by atoms with van der Waals surface area (Å²) in [6.45, 7) is 6.63. The van der Waals surface area contributed by atoms with E-state index in [0.29, 0.717) is 46.6 Å². The zero-order valence-electron chi connectivity index (χ0n) is 23.6. The molecule has 1 fully saturated rings. The summed E-state index contributed by atoms with van der Waals surface area (Å²) in [6.07, 6.45) is 3.26. The molecule has 0 saturated carbocycles. The summed E-state index contributed by atoms with van der Waals surface area (Å²) in [4.78, 5) is 32.5. The first-order chi connectivity index (χ1) is 19.2. The van der Waals surface area contributed by atoms with Crippen molar-refractivity contribution in [1.29, 1.82) is 0 Å². The number of nitrogens with zero attached hydrogens (tertiary/aromatic N) is 2. The van der Waals surface area contributed by atoms with E-state index in [1.807, 2.05) is 13.0 Å². The lowest BCUT2D eigenvalue weighted by molar-refractivity contribution is -0.140. The predicted molar refractivity (Wildman–Crippen MR) is 150 cm³/mol. The van der Waals surface area contributed by atoms with Gasteiger partial charge in [-0.05, 0) is 65.9 Å². The van der Waals surface area contributed by atoms with Crippen LogP contribution in [-0.4, -0.2) is 54.6 Å². The molecule has 1 aromatic heterocycles. The SMILES string of the molecule is COc1cc([C@@H]2C(=C(O)c3ccc(OCC(C)C)c(C)c3)C(=O)C(=O)N2Cc2cccnc2)cc(OC)c1OC. The maximum atomic E-state index is 13.5. The number of amides is 1. The van der Waals surface area contributed by atoms with Crippen LogP contribution in [0.4, 0.5) is 0 Å². The number of rotatable bonds is 10. The monoisotopic (exact) mass is 546 g/mol. The second-order valence-electron chi connectivity index (χ2n) is 9.93. The van der Waals surface area contributed by atoms with Gasteiger partial charge in [0.2, 0.25) is 5.75 Å². The van der Waals surface area contributed by atoms with Gasteiger partial charge in [-0.2, -0.15) is 0 Å². The first-order valence-electron chi connectivity index (χ1n) is 12.9. The average molecular weight is 547 g/mol. The molecule has 0 spiro atoms. The maximum Gasteiger partial charge on any atom is 0.295 e. The number of ketones is 1. The number of Topliss-reactive ketones (excluding diaryl/α,β-unsaturated/α-hetero) is 1. The number of carbonyl (C=O) groups excluding carboxylic acids is 2. The molecule has 0 bridgehead atoms. The summed E-state index contributed by atoms with van der Waals surface area (Å²) in [5.74, 6) is 0.286. The molecule has 1 aliphatic rings. The molecule has 1 N–H and O–H groups in total. The van der Waals surface area contributed by atoms with Gasteiger partial charge in [0.05, 0.1) is 39.6 Å². The molecule has 1 amide bonds. The Kier molecular flexibility index (Phi) is 8.62. The molecule has 9 heteroatoms. The Morgan fingerprint density at radius 2 is 1.70 bits per heavy atom. The van der Waals surface area contributed by atoms with Gasteiger partial charge in [-0.25, -0.2) is 0 Å². The van der Waals surface area contributed by atoms with Gasteiger partial charge >= 0.3 is 0 Å². The number of aliphatic hydroxyl groups is 1. The van der Waals surface area contributed by atoms with E-state index < -0.39 is 17.7 Å². The summed E-state index contributed by atoms with van der Waals surface area (Å²) in [6, 6.07) is 11.2. The van der Waals surface area contributed by atoms with Crippen LogP contribution in [0.3, 0.4) is 0 Å². The summed E-state index contributed by atoms with van der Waals surface area (Å²) in [7, 11) is 4.46. The highest BCUT2D eigenvalue weighted by molar-refractivity contribution is 6.46. The zero-order valence-corrected chi connectivity index (χ0v) is 23.6. The number of hydrogen-bond donors (Lipinski definition) is 1. The second kappa shape index (κ2) is 12.1. The third-order valence-electron chi connectivity index (χ3n) is 6.64. The van der Waals surface area contributed by atoms with E-state index in [9.17, 15) is 14.7 Å². The highest BCUT2D eigenvalue weighted by Gasteiger charge is 2.46. The molecular formula is C31H34N2O7. The number of ether oxygens (including phenoxy) is 4. The molecule has 2 heterocycles. The van der Waals surface area contributed by atoms with Crippen molar-refractivity contribution in [3.05, 3.63) is 82.7 Å². The minimum atomic E-state index is -0.939. The van der Waals surface area contributed by atoms with Gasteiger partial charge < -0.3 is 29.0 Å². The van der Waals surface area contributed by atoms with Crippen molar-refractivity contribution in [2.45, 2.75) is 33.4 Å². The van der Waals surface area contributed by atoms with Gasteiger partial charge in [-0.15, -0.1) is 0 Å². The van der Waals surface area contributed by atoms with Gasteiger partial charge in [-0.1, -0.05) is 19.9 Å². The number of likely N-dealkylation sites (tertiary alicyclic amines) is 1. The summed E-state index contributed by atoms with van der Waals surface area (Å²) in [5, 5.41) is 11.6. The molecule has 3 aromatic rings. The number of hydrogen-bond acceptors (Lipinski definition) is 8. The molecule has 4 rings (SSSR count). The zero-order chi connectivity index (χ0) is 29.0. The van der Waals surface area contributed by atoms with E-state index in [4.69, 9.17) is 18.9 Å². The van der Waals surface area contributed by atoms with Crippen LogP contribution in [0, 0.1) is 12.8 Å². The maximum absolute atomic E-state index is 13.5. The molecule has 40 heavy (non-hydrogen) atoms. The molecule has 1 atom stereocenters. The van der Waals surface area contributed by atoms with E-state index >= 15 is 0 Å². The summed E-state index contributed by atoms with van der Waals surface area (Å²) in [5.41, 5.74) is 2.38. The normalized spacial score (nSPS) is 16.4. The van der Waals surface area contributed by atoms with Crippen molar-refractivity contribution < 1.29 is 33.6 Å². The van der Waals surface area contributed by atoms with Gasteiger partial charge in [0.15, 0.2) is 11.5 Å². The number of benzene rings is 2. The molecule has 1 aliphatic heterocycles. The molecule has 1 saturated heterocycles. The van der Waals surface area contributed by atoms with Crippen LogP contribution >= 0.6 is 0 Å². The van der Waals surface area contributed by atoms with Crippen LogP contribution in [0.5, 0.6) is 23.0 Å². The summed E-state index contributed by atoms with van der Waals surface area (Å²) < 4.78 is 22.4. The number of aryl methyl sites for hydroxylation is 1. The number of pyridine rings is 1. The van der Waals surface area contributed by atoms with Crippen molar-refractivity contribution in [3.63, 3.8) is 0 Å². The van der Waals surface area contributed by atoms with Crippen LogP contribution in [0.25, 0.3) is 5.76 Å². The quantitative estimate of drug-likeness (QED) is 0.213. The second-order valence-corrected chi connectivity index (χ2v) is 9.93. The van der Waals surface area contributed by atoms with E-state index in [-0.39, 0.29) is 17.9 Å². The fourth-order valence-electron chi connectivity index (χ4n) is 4.71. The van der Waals surface area contributed by atoms with Crippen LogP contribution in [0.1, 0.15) is 42.1 Å². The topological polar surface area (TPSA) is 107 Å². The highest BCUT2D eigenvalue weighted by atomic mass is 16.5. The molecule has 210 valence electrons. The minimum Gasteiger partial charge on any atom is -0.507 e. The lowest BCUT2D eigenvalue weighted by Gasteiger charge is -2.26. The fourth-order valence-corrected chi connectivity index (χ4v) is 4.71. The molecule has 0 radical (unpaired) electrons. The Morgan fingerprint density at radius 1 is 1.00 bits per heavy atom. The highest BCUT2D eigenvalue weighted by Crippen LogP contribution is 2.46. The van der Waals surface area contributed by atoms with Crippen molar-refractivity contribution in [1.82, 2.24) is 9.88 Å². The van der Waals surface area contributed by atoms with Gasteiger partial charge in [-0.3, -0.25) is 14.6 Å². The van der Waals surface area contributed by atoms with E-state index in [1.54, 1.807) is 48.8 Å². The van der Waals surface area contributed by atoms with Crippen molar-refractivity contribution in [3.8, 4) is 23.0 Å². The van der Waals surface area contributed by atoms with Gasteiger partial charge in [0.1, 0.15) is 11.5 Å². The fraction of sp³-hybridized carbons (Fsp3) is 0.323. The van der Waals surface area contributed by atoms with Crippen molar-refractivity contribution in [2.24, 2.45) is 5.92 Å². The predicted octanol–water partition coefficient (Wildman–Crippen LogP) is 5.07. The van der Waals surface area contributed by atoms with Crippen molar-refractivity contribution >= 4 is 17.4 Å². The van der Waals surface area contributed by atoms with Crippen molar-refractivity contribution in [2.75, 3.05) is 27.9 Å². The number of aliphatic hydroxyl groups excluding tert-OH is 1. The Hall–Kier alpha value is -4.53. The lowest BCUT2D eigenvalue weighted by Crippen LogP contribution is -2.29. The van der Waals surface area contributed by atoms with E-state index in [1.165, 1.54) is 26.2 Å². The Balaban J connectivity index is 1.88. The lowest BCUT2D eigenvalue weighted by atomic mass is 9.94. The average Bonchev–Trinajstić information content (AvgIpc) is 3.20. The Bertz CT molecular complexity index is 1410. The standard InChI is InChI=1S/C31H34N2O7/c1-18(2)17-40-23-10-9-21(12-19(23)3)28(34)26-27(22-13-24(37-4)30(39-6)25(14-22)38-5)33(31(36)29(26)35)16-20-8-7-11-32-15-20/h7-15,18,27,34H,16-17H2,1-6H3/t27-/m1/s1. The van der Waals surface area contributed by atoms with Crippen LogP contribution < -0.4 is 18.9 Å². The van der Waals surface area contributed by atoms with E-state index in [0.717, 1.165) is 11.1 Å². The minimum absolute atomic E-state index is 0.0431. The van der Waals surface area contributed by atoms with Crippen LogP contribution in [0.15, 0.2) is 60.4 Å². The Labute approximate surface area is 234 Å². The first kappa shape index (κ1) is 28.5. The largest absolute Gasteiger partial charge is 0.507 e.